The molecule has 0 saturated heterocycles. The van der Waals surface area contributed by atoms with Crippen molar-refractivity contribution in [3.63, 3.8) is 0 Å². The normalized spacial score (nSPS) is 45.8. The number of aliphatic hydroxyl groups is 1. The second-order valence-electron chi connectivity index (χ2n) is 11.1. The lowest BCUT2D eigenvalue weighted by molar-refractivity contribution is -0.141. The van der Waals surface area contributed by atoms with Crippen LogP contribution in [0, 0.1) is 41.4 Å². The van der Waals surface area contributed by atoms with Crippen LogP contribution in [0.25, 0.3) is 6.08 Å². The zero-order valence-electron chi connectivity index (χ0n) is 18.4. The van der Waals surface area contributed by atoms with Gasteiger partial charge in [-0.25, -0.2) is 0 Å². The number of carbonyl (C=O) groups is 1. The third-order valence-electron chi connectivity index (χ3n) is 9.66. The van der Waals surface area contributed by atoms with E-state index < -0.39 is 0 Å². The molecule has 5 rings (SSSR count). The van der Waals surface area contributed by atoms with Crippen LogP contribution in [0.1, 0.15) is 76.5 Å². The zero-order valence-corrected chi connectivity index (χ0v) is 18.4. The summed E-state index contributed by atoms with van der Waals surface area (Å²) in [5.41, 5.74) is 3.30. The summed E-state index contributed by atoms with van der Waals surface area (Å²) in [6, 6.07) is 0. The number of hydrogen-bond acceptors (Lipinski definition) is 3. The maximum atomic E-state index is 13.5. The van der Waals surface area contributed by atoms with Gasteiger partial charge in [-0.15, -0.1) is 0 Å². The molecular weight excluding hydrogens is 360 g/mol. The predicted molar refractivity (Wildman–Crippen MR) is 114 cm³/mol. The second kappa shape index (κ2) is 6.54. The average molecular weight is 397 g/mol. The quantitative estimate of drug-likeness (QED) is 0.701. The Morgan fingerprint density at radius 1 is 1.17 bits per heavy atom. The van der Waals surface area contributed by atoms with E-state index in [1.165, 1.54) is 19.3 Å². The van der Waals surface area contributed by atoms with Crippen LogP contribution < -0.4 is 0 Å². The van der Waals surface area contributed by atoms with Gasteiger partial charge in [-0.3, -0.25) is 9.48 Å². The molecule has 4 saturated carbocycles. The topological polar surface area (TPSA) is 55.1 Å². The second-order valence-corrected chi connectivity index (χ2v) is 11.1. The molecule has 0 spiro atoms. The highest BCUT2D eigenvalue weighted by Gasteiger charge is 2.61. The lowest BCUT2D eigenvalue weighted by Gasteiger charge is -2.59. The Morgan fingerprint density at radius 3 is 2.69 bits per heavy atom. The summed E-state index contributed by atoms with van der Waals surface area (Å²) in [5, 5.41) is 14.7. The summed E-state index contributed by atoms with van der Waals surface area (Å²) in [7, 11) is 1.94. The van der Waals surface area contributed by atoms with E-state index in [0.29, 0.717) is 29.0 Å². The first-order chi connectivity index (χ1) is 13.7. The molecular formula is C25H36N2O2. The molecule has 1 aromatic rings. The van der Waals surface area contributed by atoms with Crippen molar-refractivity contribution in [2.75, 3.05) is 0 Å². The van der Waals surface area contributed by atoms with Gasteiger partial charge in [0.25, 0.3) is 0 Å². The van der Waals surface area contributed by atoms with Crippen molar-refractivity contribution < 1.29 is 9.90 Å². The number of rotatable bonds is 1. The van der Waals surface area contributed by atoms with Crippen molar-refractivity contribution in [2.24, 2.45) is 41.5 Å². The van der Waals surface area contributed by atoms with Gasteiger partial charge in [0.1, 0.15) is 0 Å². The first kappa shape index (κ1) is 19.5. The number of aryl methyl sites for hydroxylation is 2. The molecule has 4 fully saturated rings. The standard InChI is InChI=1S/C25H36N2O2/c1-15-17(14-27(4)26-15)11-16-12-22-20-6-5-18-13-19(28)7-9-24(18,2)21(20)8-10-25(22,3)23(16)29/h11,14,18-22,28H,5-10,12-13H2,1-4H3/b16-11+/t18-,19-,20-,21+,22+,24-,25-/m0/s1. The van der Waals surface area contributed by atoms with Crippen LogP contribution in [0.4, 0.5) is 0 Å². The van der Waals surface area contributed by atoms with Crippen LogP contribution in [-0.2, 0) is 11.8 Å². The van der Waals surface area contributed by atoms with E-state index in [9.17, 15) is 9.90 Å². The van der Waals surface area contributed by atoms with Crippen molar-refractivity contribution in [1.82, 2.24) is 9.78 Å². The fourth-order valence-electron chi connectivity index (χ4n) is 7.98. The molecule has 158 valence electrons. The highest BCUT2D eigenvalue weighted by molar-refractivity contribution is 6.06. The van der Waals surface area contributed by atoms with E-state index in [0.717, 1.165) is 54.9 Å². The van der Waals surface area contributed by atoms with Gasteiger partial charge >= 0.3 is 0 Å². The van der Waals surface area contributed by atoms with Crippen LogP contribution in [0.3, 0.4) is 0 Å². The summed E-state index contributed by atoms with van der Waals surface area (Å²) in [6.07, 6.45) is 12.8. The van der Waals surface area contributed by atoms with Crippen molar-refractivity contribution >= 4 is 11.9 Å². The molecule has 4 aliphatic carbocycles. The molecule has 0 bridgehead atoms. The Bertz CT molecular complexity index is 870. The maximum Gasteiger partial charge on any atom is 0.165 e. The van der Waals surface area contributed by atoms with E-state index in [4.69, 9.17) is 0 Å². The number of fused-ring (bicyclic) bond motifs is 5. The largest absolute Gasteiger partial charge is 0.393 e. The van der Waals surface area contributed by atoms with Crippen LogP contribution >= 0.6 is 0 Å². The van der Waals surface area contributed by atoms with E-state index in [2.05, 4.69) is 25.0 Å². The molecule has 1 aromatic heterocycles. The number of nitrogens with zero attached hydrogens (tertiary/aromatic N) is 2. The minimum absolute atomic E-state index is 0.0937. The summed E-state index contributed by atoms with van der Waals surface area (Å²) >= 11 is 0. The molecule has 0 aromatic carbocycles. The third kappa shape index (κ3) is 2.81. The molecule has 1 heterocycles. The molecule has 0 unspecified atom stereocenters. The third-order valence-corrected chi connectivity index (χ3v) is 9.66. The molecule has 4 nitrogen and oxygen atoms in total. The maximum absolute atomic E-state index is 13.5. The van der Waals surface area contributed by atoms with Crippen LogP contribution in [0.2, 0.25) is 0 Å². The minimum Gasteiger partial charge on any atom is -0.393 e. The van der Waals surface area contributed by atoms with E-state index in [-0.39, 0.29) is 11.5 Å². The van der Waals surface area contributed by atoms with E-state index in [1.807, 2.05) is 24.9 Å². The fourth-order valence-corrected chi connectivity index (χ4v) is 7.98. The Morgan fingerprint density at radius 2 is 1.97 bits per heavy atom. The molecule has 1 N–H and O–H groups in total. The lowest BCUT2D eigenvalue weighted by atomic mass is 9.45. The Kier molecular flexibility index (Phi) is 4.40. The highest BCUT2D eigenvalue weighted by Crippen LogP contribution is 2.66. The van der Waals surface area contributed by atoms with Crippen molar-refractivity contribution in [1.29, 1.82) is 0 Å². The molecule has 4 aliphatic rings. The summed E-state index contributed by atoms with van der Waals surface area (Å²) in [6.45, 7) is 6.79. The number of ketones is 1. The monoisotopic (exact) mass is 396 g/mol. The van der Waals surface area contributed by atoms with Crippen LogP contribution in [0.5, 0.6) is 0 Å². The smallest absolute Gasteiger partial charge is 0.165 e. The predicted octanol–water partition coefficient (Wildman–Crippen LogP) is 4.69. The number of allylic oxidation sites excluding steroid dienone is 1. The van der Waals surface area contributed by atoms with Crippen molar-refractivity contribution in [3.05, 3.63) is 23.0 Å². The van der Waals surface area contributed by atoms with Gasteiger partial charge in [0.15, 0.2) is 5.78 Å². The summed E-state index contributed by atoms with van der Waals surface area (Å²) in [5.74, 6) is 2.94. The molecule has 0 radical (unpaired) electrons. The minimum atomic E-state index is -0.180. The van der Waals surface area contributed by atoms with Gasteiger partial charge in [-0.2, -0.15) is 5.10 Å². The molecule has 4 heteroatoms. The molecule has 0 amide bonds. The average Bonchev–Trinajstić information content (AvgIpc) is 3.12. The van der Waals surface area contributed by atoms with Crippen molar-refractivity contribution in [3.8, 4) is 0 Å². The summed E-state index contributed by atoms with van der Waals surface area (Å²) in [4.78, 5) is 13.5. The van der Waals surface area contributed by atoms with Gasteiger partial charge in [0.2, 0.25) is 0 Å². The summed E-state index contributed by atoms with van der Waals surface area (Å²) < 4.78 is 1.84. The first-order valence-electron chi connectivity index (χ1n) is 11.7. The SMILES string of the molecule is Cc1nn(C)cc1/C=C1\C[C@@H]2[C@H]3CC[C@H]4C[C@@H](O)CC[C@]4(C)[C@@H]3CC[C@]2(C)C1=O. The molecule has 29 heavy (non-hydrogen) atoms. The van der Waals surface area contributed by atoms with Gasteiger partial charge in [0.05, 0.1) is 11.8 Å². The number of aromatic nitrogens is 2. The Hall–Kier alpha value is -1.42. The lowest BCUT2D eigenvalue weighted by Crippen LogP contribution is -2.54. The Balaban J connectivity index is 1.46. The zero-order chi connectivity index (χ0) is 20.6. The van der Waals surface area contributed by atoms with Crippen LogP contribution in [-0.4, -0.2) is 26.8 Å². The van der Waals surface area contributed by atoms with Gasteiger partial charge in [-0.05, 0) is 99.0 Å². The van der Waals surface area contributed by atoms with Gasteiger partial charge in [0, 0.05) is 24.2 Å². The number of hydrogen-bond donors (Lipinski definition) is 1. The number of carbonyl (C=O) groups excluding carboxylic acids is 1. The van der Waals surface area contributed by atoms with Crippen molar-refractivity contribution in [2.45, 2.75) is 78.2 Å². The molecule has 7 atom stereocenters. The van der Waals surface area contributed by atoms with E-state index >= 15 is 0 Å². The Labute approximate surface area is 174 Å². The number of Topliss-reactive ketones (excluding diaryl/α,β-unsaturated/α-hetero) is 1. The van der Waals surface area contributed by atoms with Crippen LogP contribution in [0.15, 0.2) is 11.8 Å². The van der Waals surface area contributed by atoms with Gasteiger partial charge < -0.3 is 5.11 Å². The number of aliphatic hydroxyl groups excluding tert-OH is 1. The highest BCUT2D eigenvalue weighted by atomic mass is 16.3. The van der Waals surface area contributed by atoms with Gasteiger partial charge in [-0.1, -0.05) is 13.8 Å². The fraction of sp³-hybridized carbons (Fsp3) is 0.760. The van der Waals surface area contributed by atoms with E-state index in [1.54, 1.807) is 0 Å². The molecule has 0 aliphatic heterocycles. The first-order valence-corrected chi connectivity index (χ1v) is 11.7.